The van der Waals surface area contributed by atoms with Crippen molar-refractivity contribution in [3.63, 3.8) is 0 Å². The first-order valence-corrected chi connectivity index (χ1v) is 9.37. The van der Waals surface area contributed by atoms with Crippen molar-refractivity contribution in [3.05, 3.63) is 71.1 Å². The molecule has 1 aliphatic carbocycles. The van der Waals surface area contributed by atoms with Gasteiger partial charge in [-0.1, -0.05) is 23.8 Å². The van der Waals surface area contributed by atoms with Crippen LogP contribution in [0.5, 0.6) is 0 Å². The number of hydrogen-bond donors (Lipinski definition) is 2. The van der Waals surface area contributed by atoms with Crippen LogP contribution in [0.4, 0.5) is 5.69 Å². The van der Waals surface area contributed by atoms with Crippen LogP contribution in [0.2, 0.25) is 0 Å². The zero-order valence-corrected chi connectivity index (χ0v) is 15.5. The predicted molar refractivity (Wildman–Crippen MR) is 109 cm³/mol. The number of nitrogens with zero attached hydrogens (tertiary/aromatic N) is 2. The van der Waals surface area contributed by atoms with Crippen LogP contribution in [0.15, 0.2) is 58.1 Å². The Morgan fingerprint density at radius 2 is 1.96 bits per heavy atom. The molecule has 5 heteroatoms. The fraction of sp³-hybridized carbons (Fsp3) is 0.273. The SMILES string of the molecule is Cc1ccc(-c2nc(CCN=C(N)Nc3ccc4c(c3)CCC4)co2)cc1. The second-order valence-corrected chi connectivity index (χ2v) is 6.99. The molecule has 1 heterocycles. The molecule has 0 saturated heterocycles. The molecule has 138 valence electrons. The number of oxazole rings is 1. The second kappa shape index (κ2) is 7.66. The first-order valence-electron chi connectivity index (χ1n) is 9.37. The molecule has 2 aromatic carbocycles. The highest BCUT2D eigenvalue weighted by atomic mass is 16.3. The van der Waals surface area contributed by atoms with Gasteiger partial charge in [-0.25, -0.2) is 4.98 Å². The van der Waals surface area contributed by atoms with Crippen molar-refractivity contribution in [3.8, 4) is 11.5 Å². The van der Waals surface area contributed by atoms with Crippen LogP contribution in [0, 0.1) is 6.92 Å². The van der Waals surface area contributed by atoms with Gasteiger partial charge >= 0.3 is 0 Å². The fourth-order valence-corrected chi connectivity index (χ4v) is 3.38. The maximum Gasteiger partial charge on any atom is 0.226 e. The molecule has 4 rings (SSSR count). The van der Waals surface area contributed by atoms with Crippen LogP contribution in [0.25, 0.3) is 11.5 Å². The van der Waals surface area contributed by atoms with E-state index in [-0.39, 0.29) is 0 Å². The number of nitrogens with two attached hydrogens (primary N) is 1. The number of nitrogens with one attached hydrogen (secondary N) is 1. The zero-order valence-electron chi connectivity index (χ0n) is 15.5. The molecule has 0 saturated carbocycles. The van der Waals surface area contributed by atoms with Crippen LogP contribution >= 0.6 is 0 Å². The molecule has 0 amide bonds. The molecule has 3 aromatic rings. The van der Waals surface area contributed by atoms with E-state index in [4.69, 9.17) is 10.2 Å². The third-order valence-electron chi connectivity index (χ3n) is 4.87. The normalized spacial score (nSPS) is 13.6. The lowest BCUT2D eigenvalue weighted by Gasteiger charge is -2.07. The van der Waals surface area contributed by atoms with Gasteiger partial charge in [-0.2, -0.15) is 0 Å². The van der Waals surface area contributed by atoms with E-state index < -0.39 is 0 Å². The lowest BCUT2D eigenvalue weighted by Crippen LogP contribution is -2.23. The van der Waals surface area contributed by atoms with Gasteiger partial charge in [0.25, 0.3) is 0 Å². The number of aliphatic imine (C=N–C) groups is 1. The first-order chi connectivity index (χ1) is 13.2. The Labute approximate surface area is 159 Å². The van der Waals surface area contributed by atoms with Gasteiger partial charge in [-0.3, -0.25) is 4.99 Å². The minimum Gasteiger partial charge on any atom is -0.444 e. The van der Waals surface area contributed by atoms with E-state index in [1.807, 2.05) is 12.1 Å². The maximum absolute atomic E-state index is 6.02. The topological polar surface area (TPSA) is 76.4 Å². The Morgan fingerprint density at radius 3 is 2.81 bits per heavy atom. The third kappa shape index (κ3) is 4.19. The average Bonchev–Trinajstić information content (AvgIpc) is 3.31. The molecule has 0 fully saturated rings. The number of hydrogen-bond acceptors (Lipinski definition) is 3. The Hall–Kier alpha value is -3.08. The van der Waals surface area contributed by atoms with E-state index in [9.17, 15) is 0 Å². The zero-order chi connectivity index (χ0) is 18.6. The van der Waals surface area contributed by atoms with Crippen LogP contribution < -0.4 is 11.1 Å². The standard InChI is InChI=1S/C22H24N4O/c1-15-5-7-17(8-6-15)21-25-20(14-27-21)11-12-24-22(23)26-19-10-9-16-3-2-4-18(16)13-19/h5-10,13-14H,2-4,11-12H2,1H3,(H3,23,24,26). The lowest BCUT2D eigenvalue weighted by atomic mass is 10.1. The minimum atomic E-state index is 0.426. The van der Waals surface area contributed by atoms with Crippen LogP contribution in [0.3, 0.4) is 0 Å². The quantitative estimate of drug-likeness (QED) is 0.530. The third-order valence-corrected chi connectivity index (χ3v) is 4.87. The summed E-state index contributed by atoms with van der Waals surface area (Å²) in [7, 11) is 0. The molecule has 27 heavy (non-hydrogen) atoms. The Morgan fingerprint density at radius 1 is 1.15 bits per heavy atom. The molecule has 0 spiro atoms. The predicted octanol–water partition coefficient (Wildman–Crippen LogP) is 4.11. The van der Waals surface area contributed by atoms with Crippen LogP contribution in [0.1, 0.15) is 28.8 Å². The Balaban J connectivity index is 1.33. The summed E-state index contributed by atoms with van der Waals surface area (Å²) in [5.74, 6) is 1.06. The summed E-state index contributed by atoms with van der Waals surface area (Å²) in [6.45, 7) is 2.62. The summed E-state index contributed by atoms with van der Waals surface area (Å²) in [4.78, 5) is 8.94. The number of fused-ring (bicyclic) bond motifs is 1. The van der Waals surface area contributed by atoms with Gasteiger partial charge in [-0.15, -0.1) is 0 Å². The number of guanidine groups is 1. The number of aryl methyl sites for hydroxylation is 3. The van der Waals surface area contributed by atoms with Gasteiger partial charge in [-0.05, 0) is 61.6 Å². The molecule has 0 bridgehead atoms. The lowest BCUT2D eigenvalue weighted by molar-refractivity contribution is 0.572. The summed E-state index contributed by atoms with van der Waals surface area (Å²) in [5.41, 5.74) is 13.0. The summed E-state index contributed by atoms with van der Waals surface area (Å²) < 4.78 is 5.58. The Bertz CT molecular complexity index is 957. The Kier molecular flexibility index (Phi) is 4.92. The van der Waals surface area contributed by atoms with E-state index >= 15 is 0 Å². The van der Waals surface area contributed by atoms with Crippen molar-refractivity contribution in [1.82, 2.24) is 4.98 Å². The maximum atomic E-state index is 6.02. The molecule has 1 aromatic heterocycles. The van der Waals surface area contributed by atoms with Crippen LogP contribution in [-0.4, -0.2) is 17.5 Å². The van der Waals surface area contributed by atoms with Crippen molar-refractivity contribution in [2.24, 2.45) is 10.7 Å². The smallest absolute Gasteiger partial charge is 0.226 e. The van der Waals surface area contributed by atoms with Gasteiger partial charge in [0.15, 0.2) is 5.96 Å². The highest BCUT2D eigenvalue weighted by Crippen LogP contribution is 2.24. The molecule has 0 unspecified atom stereocenters. The van der Waals surface area contributed by atoms with Crippen molar-refractivity contribution in [1.29, 1.82) is 0 Å². The van der Waals surface area contributed by atoms with E-state index in [0.29, 0.717) is 24.8 Å². The molecule has 0 radical (unpaired) electrons. The van der Waals surface area contributed by atoms with Crippen molar-refractivity contribution >= 4 is 11.6 Å². The van der Waals surface area contributed by atoms with Crippen LogP contribution in [-0.2, 0) is 19.3 Å². The van der Waals surface area contributed by atoms with E-state index in [1.54, 1.807) is 6.26 Å². The average molecular weight is 360 g/mol. The van der Waals surface area contributed by atoms with E-state index in [2.05, 4.69) is 52.5 Å². The van der Waals surface area contributed by atoms with Crippen molar-refractivity contribution in [2.45, 2.75) is 32.6 Å². The summed E-state index contributed by atoms with van der Waals surface area (Å²) >= 11 is 0. The van der Waals surface area contributed by atoms with Gasteiger partial charge in [0.2, 0.25) is 5.89 Å². The van der Waals surface area contributed by atoms with Gasteiger partial charge in [0.05, 0.1) is 5.69 Å². The highest BCUT2D eigenvalue weighted by molar-refractivity contribution is 5.92. The summed E-state index contributed by atoms with van der Waals surface area (Å²) in [6.07, 6.45) is 5.94. The number of anilines is 1. The minimum absolute atomic E-state index is 0.426. The second-order valence-electron chi connectivity index (χ2n) is 6.99. The van der Waals surface area contributed by atoms with E-state index in [0.717, 1.165) is 23.4 Å². The number of benzene rings is 2. The summed E-state index contributed by atoms with van der Waals surface area (Å²) in [6, 6.07) is 14.6. The monoisotopic (exact) mass is 360 g/mol. The van der Waals surface area contributed by atoms with Gasteiger partial charge < -0.3 is 15.5 Å². The molecular formula is C22H24N4O. The molecular weight excluding hydrogens is 336 g/mol. The van der Waals surface area contributed by atoms with E-state index in [1.165, 1.54) is 29.5 Å². The fourth-order valence-electron chi connectivity index (χ4n) is 3.38. The van der Waals surface area contributed by atoms with Crippen molar-refractivity contribution < 1.29 is 4.42 Å². The van der Waals surface area contributed by atoms with Crippen molar-refractivity contribution in [2.75, 3.05) is 11.9 Å². The van der Waals surface area contributed by atoms with Gasteiger partial charge in [0.1, 0.15) is 6.26 Å². The molecule has 3 N–H and O–H groups in total. The molecule has 5 nitrogen and oxygen atoms in total. The first kappa shape index (κ1) is 17.3. The summed E-state index contributed by atoms with van der Waals surface area (Å²) in [5, 5.41) is 3.18. The number of aromatic nitrogens is 1. The largest absolute Gasteiger partial charge is 0.444 e. The molecule has 1 aliphatic rings. The molecule has 0 atom stereocenters. The molecule has 0 aliphatic heterocycles. The van der Waals surface area contributed by atoms with Gasteiger partial charge in [0, 0.05) is 24.2 Å². The number of rotatable bonds is 5. The highest BCUT2D eigenvalue weighted by Gasteiger charge is 2.11.